The first-order valence-corrected chi connectivity index (χ1v) is 13.5. The number of carbonyl (C=O) groups is 1. The lowest BCUT2D eigenvalue weighted by Crippen LogP contribution is -2.45. The highest BCUT2D eigenvalue weighted by Gasteiger charge is 2.31. The van der Waals surface area contributed by atoms with Gasteiger partial charge in [-0.15, -0.1) is 0 Å². The van der Waals surface area contributed by atoms with Gasteiger partial charge in [0.05, 0.1) is 30.4 Å². The minimum absolute atomic E-state index is 0.0935. The lowest BCUT2D eigenvalue weighted by atomic mass is 9.95. The third-order valence-electron chi connectivity index (χ3n) is 7.42. The van der Waals surface area contributed by atoms with Gasteiger partial charge in [-0.2, -0.15) is 10.5 Å². The van der Waals surface area contributed by atoms with Crippen LogP contribution in [0.2, 0.25) is 0 Å². The number of carbonyl (C=O) groups excluding carboxylic acids is 1. The van der Waals surface area contributed by atoms with Crippen LogP contribution in [-0.4, -0.2) is 24.0 Å². The summed E-state index contributed by atoms with van der Waals surface area (Å²) < 4.78 is 5.25. The number of hydrogen-bond acceptors (Lipinski definition) is 5. The maximum Gasteiger partial charge on any atom is 0.323 e. The Kier molecular flexibility index (Phi) is 9.47. The lowest BCUT2D eigenvalue weighted by molar-refractivity contribution is -0.149. The number of benzene rings is 4. The molecule has 4 aromatic rings. The Morgan fingerprint density at radius 3 is 1.55 bits per heavy atom. The van der Waals surface area contributed by atoms with Gasteiger partial charge in [0.25, 0.3) is 0 Å². The summed E-state index contributed by atoms with van der Waals surface area (Å²) in [5.74, 6) is -0.149. The zero-order valence-electron chi connectivity index (χ0n) is 23.2. The summed E-state index contributed by atoms with van der Waals surface area (Å²) in [4.78, 5) is 15.2. The summed E-state index contributed by atoms with van der Waals surface area (Å²) in [6.45, 7) is 5.28. The lowest BCUT2D eigenvalue weighted by Gasteiger charge is -2.33. The van der Waals surface area contributed by atoms with Crippen LogP contribution < -0.4 is 0 Å². The van der Waals surface area contributed by atoms with Gasteiger partial charge < -0.3 is 4.74 Å². The van der Waals surface area contributed by atoms with Gasteiger partial charge in [-0.25, -0.2) is 0 Å². The Morgan fingerprint density at radius 1 is 0.750 bits per heavy atom. The van der Waals surface area contributed by atoms with Gasteiger partial charge in [0, 0.05) is 13.1 Å². The minimum atomic E-state index is -0.409. The molecule has 0 N–H and O–H groups in total. The third kappa shape index (κ3) is 6.46. The number of methoxy groups -OCH3 is 1. The number of nitrogens with zero attached hydrogens (tertiary/aromatic N) is 3. The van der Waals surface area contributed by atoms with Crippen molar-refractivity contribution in [2.24, 2.45) is 5.92 Å². The molecule has 0 amide bonds. The average molecular weight is 528 g/mol. The molecule has 0 aliphatic rings. The molecule has 0 fully saturated rings. The highest BCUT2D eigenvalue weighted by molar-refractivity contribution is 5.76. The Labute approximate surface area is 236 Å². The van der Waals surface area contributed by atoms with Gasteiger partial charge in [-0.3, -0.25) is 9.69 Å². The van der Waals surface area contributed by atoms with Crippen molar-refractivity contribution in [3.63, 3.8) is 0 Å². The van der Waals surface area contributed by atoms with Crippen molar-refractivity contribution in [1.29, 1.82) is 10.5 Å². The van der Waals surface area contributed by atoms with E-state index < -0.39 is 6.04 Å². The fraction of sp³-hybridized carbons (Fsp3) is 0.229. The van der Waals surface area contributed by atoms with E-state index in [4.69, 9.17) is 4.74 Å². The molecule has 0 aliphatic heterocycles. The average Bonchev–Trinajstić information content (AvgIpc) is 3.01. The summed E-state index contributed by atoms with van der Waals surface area (Å²) in [7, 11) is 1.44. The van der Waals surface area contributed by atoms with Gasteiger partial charge in [0.15, 0.2) is 0 Å². The molecule has 40 heavy (non-hydrogen) atoms. The molecular weight excluding hydrogens is 494 g/mol. The summed E-state index contributed by atoms with van der Waals surface area (Å²) in [5.41, 5.74) is 7.17. The second kappa shape index (κ2) is 13.4. The smallest absolute Gasteiger partial charge is 0.323 e. The molecule has 5 nitrogen and oxygen atoms in total. The zero-order valence-corrected chi connectivity index (χ0v) is 23.2. The highest BCUT2D eigenvalue weighted by Crippen LogP contribution is 2.27. The maximum atomic E-state index is 13.0. The number of esters is 1. The van der Waals surface area contributed by atoms with Crippen molar-refractivity contribution < 1.29 is 9.53 Å². The molecule has 0 spiro atoms. The molecule has 0 saturated carbocycles. The molecule has 2 atom stereocenters. The fourth-order valence-electron chi connectivity index (χ4n) is 5.05. The van der Waals surface area contributed by atoms with Gasteiger partial charge in [0.2, 0.25) is 0 Å². The fourth-order valence-corrected chi connectivity index (χ4v) is 5.05. The van der Waals surface area contributed by atoms with Crippen LogP contribution in [0.3, 0.4) is 0 Å². The first-order chi connectivity index (χ1) is 19.5. The predicted molar refractivity (Wildman–Crippen MR) is 158 cm³/mol. The molecular formula is C35H33N3O2. The molecule has 0 aliphatic carbocycles. The van der Waals surface area contributed by atoms with Gasteiger partial charge in [-0.1, -0.05) is 105 Å². The second-order valence-corrected chi connectivity index (χ2v) is 9.97. The van der Waals surface area contributed by atoms with Crippen LogP contribution in [0.4, 0.5) is 0 Å². The molecule has 1 unspecified atom stereocenters. The van der Waals surface area contributed by atoms with Gasteiger partial charge in [0.1, 0.15) is 6.04 Å². The van der Waals surface area contributed by atoms with E-state index in [0.717, 1.165) is 39.8 Å². The summed E-state index contributed by atoms with van der Waals surface area (Å²) in [5, 5.41) is 19.0. The molecule has 4 aromatic carbocycles. The Morgan fingerprint density at radius 2 is 1.18 bits per heavy atom. The monoisotopic (exact) mass is 527 g/mol. The van der Waals surface area contributed by atoms with Crippen LogP contribution in [0.5, 0.6) is 0 Å². The van der Waals surface area contributed by atoms with Crippen LogP contribution >= 0.6 is 0 Å². The summed E-state index contributed by atoms with van der Waals surface area (Å²) in [6, 6.07) is 35.6. The third-order valence-corrected chi connectivity index (χ3v) is 7.42. The molecule has 0 saturated heterocycles. The molecule has 0 bridgehead atoms. The standard InChI is InChI=1S/C35H33N3O2/c1-4-25(2)34(35(39)40-3)38(23-26-13-17-28(18-14-26)32-11-7-5-9-30(32)21-36)24-27-15-19-29(20-16-27)33-12-8-6-10-31(33)22-37/h5-20,25,34H,4,23-24H2,1-3H3/t25?,34-/m0/s1. The van der Waals surface area contributed by atoms with Gasteiger partial charge in [-0.05, 0) is 51.4 Å². The first kappa shape index (κ1) is 28.3. The van der Waals surface area contributed by atoms with Crippen LogP contribution in [0, 0.1) is 28.6 Å². The normalized spacial score (nSPS) is 12.2. The molecule has 0 heterocycles. The summed E-state index contributed by atoms with van der Waals surface area (Å²) in [6.07, 6.45) is 0.837. The van der Waals surface area contributed by atoms with E-state index in [1.165, 1.54) is 7.11 Å². The molecule has 5 heteroatoms. The van der Waals surface area contributed by atoms with Crippen molar-refractivity contribution in [2.45, 2.75) is 39.4 Å². The molecule has 200 valence electrons. The van der Waals surface area contributed by atoms with Crippen LogP contribution in [0.25, 0.3) is 22.3 Å². The predicted octanol–water partition coefficient (Wildman–Crippen LogP) is 7.35. The summed E-state index contributed by atoms with van der Waals surface area (Å²) >= 11 is 0. The van der Waals surface area contributed by atoms with Crippen LogP contribution in [0.15, 0.2) is 97.1 Å². The number of hydrogen-bond donors (Lipinski definition) is 0. The van der Waals surface area contributed by atoms with Crippen molar-refractivity contribution in [1.82, 2.24) is 4.90 Å². The van der Waals surface area contributed by atoms with E-state index in [-0.39, 0.29) is 11.9 Å². The van der Waals surface area contributed by atoms with Crippen LogP contribution in [-0.2, 0) is 22.6 Å². The topological polar surface area (TPSA) is 77.1 Å². The quantitative estimate of drug-likeness (QED) is 0.201. The molecule has 0 radical (unpaired) electrons. The van der Waals surface area contributed by atoms with Crippen molar-refractivity contribution in [2.75, 3.05) is 7.11 Å². The molecule has 4 rings (SSSR count). The number of ether oxygens (including phenoxy) is 1. The SMILES string of the molecule is CCC(C)[C@@H](C(=O)OC)N(Cc1ccc(-c2ccccc2C#N)cc1)Cc1ccc(-c2ccccc2C#N)cc1. The van der Waals surface area contributed by atoms with Crippen LogP contribution in [0.1, 0.15) is 42.5 Å². The zero-order chi connectivity index (χ0) is 28.5. The number of nitriles is 2. The van der Waals surface area contributed by atoms with Gasteiger partial charge >= 0.3 is 5.97 Å². The molecule has 0 aromatic heterocycles. The number of rotatable bonds is 10. The minimum Gasteiger partial charge on any atom is -0.468 e. The second-order valence-electron chi connectivity index (χ2n) is 9.97. The largest absolute Gasteiger partial charge is 0.468 e. The van der Waals surface area contributed by atoms with E-state index in [9.17, 15) is 15.3 Å². The Balaban J connectivity index is 1.63. The van der Waals surface area contributed by atoms with Crippen molar-refractivity contribution >= 4 is 5.97 Å². The van der Waals surface area contributed by atoms with E-state index in [1.807, 2.05) is 72.8 Å². The van der Waals surface area contributed by atoms with Crippen molar-refractivity contribution in [3.05, 3.63) is 119 Å². The van der Waals surface area contributed by atoms with E-state index in [0.29, 0.717) is 24.2 Å². The maximum absolute atomic E-state index is 13.0. The Hall–Kier alpha value is -4.71. The van der Waals surface area contributed by atoms with E-state index in [1.54, 1.807) is 0 Å². The van der Waals surface area contributed by atoms with E-state index in [2.05, 4.69) is 55.2 Å². The van der Waals surface area contributed by atoms with Crippen molar-refractivity contribution in [3.8, 4) is 34.4 Å². The first-order valence-electron chi connectivity index (χ1n) is 13.5. The Bertz CT molecular complexity index is 1430. The van der Waals surface area contributed by atoms with E-state index >= 15 is 0 Å². The highest BCUT2D eigenvalue weighted by atomic mass is 16.5.